The number of rotatable bonds is 70. The minimum atomic E-state index is -5.00. The molecule has 5 atom stereocenters. The van der Waals surface area contributed by atoms with Crippen LogP contribution in [-0.4, -0.2) is 96.7 Å². The van der Waals surface area contributed by atoms with Gasteiger partial charge in [-0.25, -0.2) is 9.13 Å². The Balaban J connectivity index is 5.46. The molecule has 5 unspecified atom stereocenters. The second kappa shape index (κ2) is 72.3. The molecule has 0 saturated heterocycles. The van der Waals surface area contributed by atoms with E-state index in [4.69, 9.17) is 37.0 Å². The number of unbranched alkanes of at least 4 members (excludes halogenated alkanes) is 20. The first-order valence-electron chi connectivity index (χ1n) is 38.1. The molecule has 0 saturated carbocycles. The highest BCUT2D eigenvalue weighted by Crippen LogP contribution is 2.45. The van der Waals surface area contributed by atoms with Gasteiger partial charge in [0.1, 0.15) is 19.3 Å². The van der Waals surface area contributed by atoms with Gasteiger partial charge in [-0.15, -0.1) is 0 Å². The van der Waals surface area contributed by atoms with Crippen LogP contribution in [0.3, 0.4) is 0 Å². The molecule has 19 heteroatoms. The molecule has 0 amide bonds. The van der Waals surface area contributed by atoms with E-state index in [1.807, 2.05) is 0 Å². The molecule has 0 bridgehead atoms. The largest absolute Gasteiger partial charge is 0.472 e. The number of allylic oxidation sites excluding steroid dienone is 24. The molecule has 0 spiro atoms. The van der Waals surface area contributed by atoms with Gasteiger partial charge < -0.3 is 33.8 Å². The van der Waals surface area contributed by atoms with Crippen molar-refractivity contribution in [3.63, 3.8) is 0 Å². The number of aliphatic hydroxyl groups is 1. The fourth-order valence-corrected chi connectivity index (χ4v) is 11.1. The quantitative estimate of drug-likeness (QED) is 0.0169. The van der Waals surface area contributed by atoms with Crippen LogP contribution in [0.15, 0.2) is 146 Å². The lowest BCUT2D eigenvalue weighted by Gasteiger charge is -2.21. The van der Waals surface area contributed by atoms with Gasteiger partial charge in [0.2, 0.25) is 0 Å². The van der Waals surface area contributed by atoms with Gasteiger partial charge in [0, 0.05) is 25.7 Å². The maximum absolute atomic E-state index is 13.1. The SMILES string of the molecule is CC/C=C\C/C=C\C/C=C\C/C=C\CCCCC(=O)OCC(COP(=O)(O)OCC(O)COP(=O)(O)OCC(COC(=O)CCCCCCC/C=C\C/C=C\C/C=C\CC)OC(=O)CCCCCCC/C=C\CCCCCCCC)OC(=O)CCCC/C=C\C/C=C\C/C=C\C/C=C\CC. The third-order valence-electron chi connectivity index (χ3n) is 15.3. The lowest BCUT2D eigenvalue weighted by Crippen LogP contribution is -2.30. The zero-order valence-corrected chi connectivity index (χ0v) is 63.9. The van der Waals surface area contributed by atoms with E-state index < -0.39 is 97.5 Å². The van der Waals surface area contributed by atoms with Crippen LogP contribution in [0.2, 0.25) is 0 Å². The van der Waals surface area contributed by atoms with Crippen molar-refractivity contribution in [3.8, 4) is 0 Å². The van der Waals surface area contributed by atoms with Gasteiger partial charge in [0.25, 0.3) is 0 Å². The molecule has 0 aromatic carbocycles. The van der Waals surface area contributed by atoms with Crippen LogP contribution in [0.5, 0.6) is 0 Å². The third kappa shape index (κ3) is 71.3. The maximum Gasteiger partial charge on any atom is 0.472 e. The molecule has 570 valence electrons. The Bertz CT molecular complexity index is 2470. The number of aliphatic hydroxyl groups excluding tert-OH is 1. The Labute approximate surface area is 605 Å². The van der Waals surface area contributed by atoms with E-state index in [-0.39, 0.29) is 25.7 Å². The van der Waals surface area contributed by atoms with E-state index >= 15 is 0 Å². The van der Waals surface area contributed by atoms with Gasteiger partial charge in [0.15, 0.2) is 12.2 Å². The van der Waals surface area contributed by atoms with Crippen molar-refractivity contribution in [1.82, 2.24) is 0 Å². The normalized spacial score (nSPS) is 14.8. The second-order valence-electron chi connectivity index (χ2n) is 24.8. The first-order valence-corrected chi connectivity index (χ1v) is 41.1. The van der Waals surface area contributed by atoms with Crippen LogP contribution >= 0.6 is 15.6 Å². The van der Waals surface area contributed by atoms with Gasteiger partial charge in [-0.2, -0.15) is 0 Å². The van der Waals surface area contributed by atoms with Crippen molar-refractivity contribution in [1.29, 1.82) is 0 Å². The highest BCUT2D eigenvalue weighted by atomic mass is 31.2. The van der Waals surface area contributed by atoms with Gasteiger partial charge in [-0.05, 0) is 161 Å². The van der Waals surface area contributed by atoms with Crippen LogP contribution in [0.4, 0.5) is 0 Å². The minimum Gasteiger partial charge on any atom is -0.462 e. The lowest BCUT2D eigenvalue weighted by atomic mass is 10.1. The molecule has 100 heavy (non-hydrogen) atoms. The van der Waals surface area contributed by atoms with Gasteiger partial charge in [-0.1, -0.05) is 244 Å². The number of phosphoric acid groups is 2. The van der Waals surface area contributed by atoms with Crippen molar-refractivity contribution < 1.29 is 80.2 Å². The molecule has 0 aliphatic carbocycles. The number of hydrogen-bond donors (Lipinski definition) is 3. The molecular formula is C81H134O17P2. The van der Waals surface area contributed by atoms with Crippen molar-refractivity contribution in [2.24, 2.45) is 0 Å². The lowest BCUT2D eigenvalue weighted by molar-refractivity contribution is -0.161. The number of phosphoric ester groups is 2. The number of carbonyl (C=O) groups is 4. The van der Waals surface area contributed by atoms with E-state index in [1.165, 1.54) is 38.5 Å². The predicted molar refractivity (Wildman–Crippen MR) is 408 cm³/mol. The number of carbonyl (C=O) groups excluding carboxylic acids is 4. The first kappa shape index (κ1) is 94.9. The van der Waals surface area contributed by atoms with Crippen LogP contribution in [0, 0.1) is 0 Å². The summed E-state index contributed by atoms with van der Waals surface area (Å²) < 4.78 is 68.4. The van der Waals surface area contributed by atoms with Crippen LogP contribution in [-0.2, 0) is 65.4 Å². The topological polar surface area (TPSA) is 237 Å². The molecule has 0 aliphatic rings. The summed E-state index contributed by atoms with van der Waals surface area (Å²) in [4.78, 5) is 72.9. The van der Waals surface area contributed by atoms with Crippen molar-refractivity contribution in [2.75, 3.05) is 39.6 Å². The van der Waals surface area contributed by atoms with E-state index in [2.05, 4.69) is 174 Å². The van der Waals surface area contributed by atoms with E-state index in [1.54, 1.807) is 0 Å². The Hall–Kier alpha value is -5.06. The molecule has 0 radical (unpaired) electrons. The van der Waals surface area contributed by atoms with Gasteiger partial charge in [0.05, 0.1) is 26.4 Å². The summed E-state index contributed by atoms with van der Waals surface area (Å²) in [6.07, 6.45) is 81.3. The summed E-state index contributed by atoms with van der Waals surface area (Å²) in [5.41, 5.74) is 0. The highest BCUT2D eigenvalue weighted by molar-refractivity contribution is 7.47. The Morgan fingerprint density at radius 3 is 0.830 bits per heavy atom. The highest BCUT2D eigenvalue weighted by Gasteiger charge is 2.30. The van der Waals surface area contributed by atoms with E-state index in [0.29, 0.717) is 32.1 Å². The van der Waals surface area contributed by atoms with Crippen LogP contribution in [0.25, 0.3) is 0 Å². The van der Waals surface area contributed by atoms with E-state index in [9.17, 15) is 43.2 Å². The number of ether oxygens (including phenoxy) is 4. The Morgan fingerprint density at radius 1 is 0.290 bits per heavy atom. The number of esters is 4. The molecule has 3 N–H and O–H groups in total. The molecule has 0 rings (SSSR count). The first-order chi connectivity index (χ1) is 48.7. The Kier molecular flexibility index (Phi) is 68.6. The fourth-order valence-electron chi connectivity index (χ4n) is 9.56. The molecule has 0 aromatic rings. The molecule has 0 aromatic heterocycles. The zero-order chi connectivity index (χ0) is 73.2. The molecule has 0 fully saturated rings. The Morgan fingerprint density at radius 2 is 0.520 bits per heavy atom. The third-order valence-corrected chi connectivity index (χ3v) is 17.2. The monoisotopic (exact) mass is 1440 g/mol. The smallest absolute Gasteiger partial charge is 0.462 e. The fraction of sp³-hybridized carbons (Fsp3) is 0.654. The maximum atomic E-state index is 13.1. The molecule has 0 aliphatic heterocycles. The summed E-state index contributed by atoms with van der Waals surface area (Å²) in [5, 5.41) is 10.6. The molecule has 0 heterocycles. The van der Waals surface area contributed by atoms with Crippen molar-refractivity contribution in [3.05, 3.63) is 146 Å². The minimum absolute atomic E-state index is 0.0286. The standard InChI is InChI=1S/C81H134O17P2/c1-5-9-13-17-21-25-29-33-37-41-45-49-53-57-61-65-78(83)91-71-76(97-80(85)67-63-59-55-51-47-43-39-35-31-27-23-19-15-11-7-3)73-95-99(87,88)93-69-75(82)70-94-100(89,90)96-74-77(98-81(86)68-64-60-56-52-48-44-40-36-32-28-24-20-16-12-8-4)72-92-79(84)66-62-58-54-50-46-42-38-34-30-26-22-18-14-10-6-2/h9-11,13-15,21-23,25-27,33-40,45,47,49,51,75-77,82H,5-8,12,16-20,24,28-32,41-44,46,48,50,52-74H2,1-4H3,(H,87,88)(H,89,90)/b13-9-,14-10-,15-11-,25-21-,26-22-,27-23-,37-33-,38-34-,39-35-,40-36-,49-45-,51-47-. The number of hydrogen-bond acceptors (Lipinski definition) is 15. The van der Waals surface area contributed by atoms with E-state index in [0.717, 1.165) is 161 Å². The van der Waals surface area contributed by atoms with Crippen LogP contribution in [0.1, 0.15) is 285 Å². The summed E-state index contributed by atoms with van der Waals surface area (Å²) in [6, 6.07) is 0. The van der Waals surface area contributed by atoms with Crippen molar-refractivity contribution >= 4 is 39.5 Å². The second-order valence-corrected chi connectivity index (χ2v) is 27.7. The van der Waals surface area contributed by atoms with Gasteiger partial charge in [-0.3, -0.25) is 37.3 Å². The summed E-state index contributed by atoms with van der Waals surface area (Å²) in [7, 11) is -9.99. The van der Waals surface area contributed by atoms with Gasteiger partial charge >= 0.3 is 39.5 Å². The summed E-state index contributed by atoms with van der Waals surface area (Å²) in [6.45, 7) is 4.39. The average Bonchev–Trinajstić information content (AvgIpc) is 1.01. The zero-order valence-electron chi connectivity index (χ0n) is 62.1. The predicted octanol–water partition coefficient (Wildman–Crippen LogP) is 21.9. The summed E-state index contributed by atoms with van der Waals surface area (Å²) >= 11 is 0. The summed E-state index contributed by atoms with van der Waals surface area (Å²) in [5.74, 6) is -2.31. The van der Waals surface area contributed by atoms with Crippen molar-refractivity contribution in [2.45, 2.75) is 303 Å². The average molecular weight is 1440 g/mol. The molecular weight excluding hydrogens is 1310 g/mol. The van der Waals surface area contributed by atoms with Crippen LogP contribution < -0.4 is 0 Å². The molecule has 17 nitrogen and oxygen atoms in total.